The van der Waals surface area contributed by atoms with Crippen molar-refractivity contribution >= 4 is 23.6 Å². The topological polar surface area (TPSA) is 180 Å². The smallest absolute Gasteiger partial charge is 0.276 e. The van der Waals surface area contributed by atoms with Crippen molar-refractivity contribution in [2.24, 2.45) is 0 Å². The number of fused-ring (bicyclic) bond motifs is 4. The molecule has 0 spiro atoms. The van der Waals surface area contributed by atoms with E-state index in [9.17, 15) is 46.3 Å². The van der Waals surface area contributed by atoms with Gasteiger partial charge in [0.25, 0.3) is 23.6 Å². The quantitative estimate of drug-likeness (QED) is 0.230. The van der Waals surface area contributed by atoms with Crippen molar-refractivity contribution in [2.75, 3.05) is 26.9 Å². The summed E-state index contributed by atoms with van der Waals surface area (Å²) < 4.78 is 79.0. The summed E-state index contributed by atoms with van der Waals surface area (Å²) in [7, 11) is 1.25. The van der Waals surface area contributed by atoms with Crippen LogP contribution in [0.3, 0.4) is 0 Å². The van der Waals surface area contributed by atoms with E-state index >= 15 is 0 Å². The maximum Gasteiger partial charge on any atom is 0.276 e. The lowest BCUT2D eigenvalue weighted by atomic mass is 10.1. The van der Waals surface area contributed by atoms with Gasteiger partial charge in [0.15, 0.2) is 35.3 Å². The van der Waals surface area contributed by atoms with Gasteiger partial charge in [-0.2, -0.15) is 0 Å². The molecule has 2 N–H and O–H groups in total. The second kappa shape index (κ2) is 19.5. The van der Waals surface area contributed by atoms with Crippen molar-refractivity contribution in [1.82, 2.24) is 29.6 Å². The van der Waals surface area contributed by atoms with Crippen LogP contribution >= 0.6 is 0 Å². The molecule has 342 valence electrons. The van der Waals surface area contributed by atoms with Gasteiger partial charge in [0.2, 0.25) is 10.9 Å². The Labute approximate surface area is 364 Å². The zero-order valence-corrected chi connectivity index (χ0v) is 34.7. The summed E-state index contributed by atoms with van der Waals surface area (Å²) >= 11 is 0. The molecule has 4 atom stereocenters. The highest BCUT2D eigenvalue weighted by Gasteiger charge is 2.43. The third-order valence-corrected chi connectivity index (χ3v) is 11.2. The van der Waals surface area contributed by atoms with Crippen LogP contribution in [0.1, 0.15) is 93.9 Å². The first-order valence-electron chi connectivity index (χ1n) is 20.2. The number of amides is 4. The number of carbonyl (C=O) groups is 4. The third-order valence-electron chi connectivity index (χ3n) is 11.2. The van der Waals surface area contributed by atoms with E-state index in [0.717, 1.165) is 12.1 Å². The summed E-state index contributed by atoms with van der Waals surface area (Å²) in [6.07, 6.45) is 2.91. The van der Waals surface area contributed by atoms with E-state index in [0.29, 0.717) is 38.2 Å². The number of methoxy groups -OCH3 is 1. The first kappa shape index (κ1) is 47.0. The number of ether oxygens (including phenoxy) is 4. The molecule has 2 saturated heterocycles. The van der Waals surface area contributed by atoms with Gasteiger partial charge in [-0.05, 0) is 45.7 Å². The van der Waals surface area contributed by atoms with Crippen LogP contribution in [0.2, 0.25) is 0 Å². The zero-order chi connectivity index (χ0) is 45.3. The molecule has 8 rings (SSSR count). The molecule has 4 aliphatic heterocycles. The lowest BCUT2D eigenvalue weighted by Gasteiger charge is -2.44. The molecular weight excluding hydrogens is 849 g/mol. The van der Waals surface area contributed by atoms with Crippen LogP contribution in [0.4, 0.5) is 17.6 Å². The predicted octanol–water partition coefficient (Wildman–Crippen LogP) is 4.34. The molecular formula is C44H48F4N6O10. The number of carbonyl (C=O) groups excluding carboxylic acids is 4. The van der Waals surface area contributed by atoms with Crippen molar-refractivity contribution in [3.8, 4) is 11.5 Å². The average Bonchev–Trinajstić information content (AvgIpc) is 3.24. The molecule has 2 aromatic heterocycles. The summed E-state index contributed by atoms with van der Waals surface area (Å²) in [5, 5.41) is 4.92. The molecule has 2 aromatic carbocycles. The Morgan fingerprint density at radius 3 is 1.53 bits per heavy atom. The molecule has 64 heavy (non-hydrogen) atoms. The summed E-state index contributed by atoms with van der Waals surface area (Å²) in [6.45, 7) is 6.59. The molecule has 20 heteroatoms. The normalized spacial score (nSPS) is 19.7. The summed E-state index contributed by atoms with van der Waals surface area (Å²) in [6, 6.07) is 5.87. The number of pyridine rings is 2. The number of rotatable bonds is 9. The van der Waals surface area contributed by atoms with Crippen molar-refractivity contribution in [2.45, 2.75) is 91.8 Å². The van der Waals surface area contributed by atoms with Crippen molar-refractivity contribution in [3.05, 3.63) is 126 Å². The number of nitrogens with one attached hydrogen (secondary N) is 2. The molecule has 0 aliphatic carbocycles. The number of hydrogen-bond acceptors (Lipinski definition) is 10. The second-order valence-corrected chi connectivity index (χ2v) is 15.2. The van der Waals surface area contributed by atoms with E-state index in [2.05, 4.69) is 10.6 Å². The van der Waals surface area contributed by atoms with Gasteiger partial charge in [0.1, 0.15) is 34.4 Å². The highest BCUT2D eigenvalue weighted by atomic mass is 19.1. The van der Waals surface area contributed by atoms with E-state index in [4.69, 9.17) is 18.9 Å². The second-order valence-electron chi connectivity index (χ2n) is 15.2. The molecule has 0 radical (unpaired) electrons. The van der Waals surface area contributed by atoms with Crippen LogP contribution < -0.4 is 31.0 Å². The van der Waals surface area contributed by atoms with Gasteiger partial charge in [0.05, 0.1) is 40.0 Å². The van der Waals surface area contributed by atoms with Crippen LogP contribution in [0, 0.1) is 23.3 Å². The minimum Gasteiger partial charge on any atom is -0.491 e. The van der Waals surface area contributed by atoms with Crippen LogP contribution in [-0.2, 0) is 35.7 Å². The van der Waals surface area contributed by atoms with E-state index in [1.165, 1.54) is 40.8 Å². The average molecular weight is 897 g/mol. The number of halogens is 4. The van der Waals surface area contributed by atoms with Gasteiger partial charge >= 0.3 is 0 Å². The van der Waals surface area contributed by atoms with Gasteiger partial charge in [-0.15, -0.1) is 0 Å². The number of benzene rings is 2. The molecule has 4 amide bonds. The lowest BCUT2D eigenvalue weighted by Crippen LogP contribution is -2.57. The fraction of sp³-hybridized carbons (Fsp3) is 0.409. The molecule has 2 fully saturated rings. The molecule has 4 aliphatic rings. The van der Waals surface area contributed by atoms with Crippen LogP contribution in [0.15, 0.2) is 58.4 Å². The number of aromatic nitrogens is 2. The summed E-state index contributed by atoms with van der Waals surface area (Å²) in [5.41, 5.74) is -1.71. The predicted molar refractivity (Wildman–Crippen MR) is 221 cm³/mol. The van der Waals surface area contributed by atoms with Gasteiger partial charge in [-0.25, -0.2) is 17.6 Å². The van der Waals surface area contributed by atoms with E-state index < -0.39 is 70.2 Å². The monoisotopic (exact) mass is 896 g/mol. The van der Waals surface area contributed by atoms with Crippen LogP contribution in [-0.4, -0.2) is 94.0 Å². The summed E-state index contributed by atoms with van der Waals surface area (Å²) in [5.74, 6) is -5.85. The molecule has 6 heterocycles. The molecule has 16 nitrogen and oxygen atoms in total. The minimum absolute atomic E-state index is 0. The fourth-order valence-electron chi connectivity index (χ4n) is 7.95. The Balaban J connectivity index is 0.000000209. The van der Waals surface area contributed by atoms with Gasteiger partial charge < -0.3 is 48.5 Å². The van der Waals surface area contributed by atoms with Crippen LogP contribution in [0.5, 0.6) is 11.5 Å². The minimum atomic E-state index is -0.811. The Morgan fingerprint density at radius 2 is 1.12 bits per heavy atom. The Kier molecular flexibility index (Phi) is 14.3. The molecule has 0 saturated carbocycles. The number of nitrogens with zero attached hydrogens (tertiary/aromatic N) is 4. The zero-order valence-electron chi connectivity index (χ0n) is 34.7. The number of hydrogen-bond donors (Lipinski definition) is 2. The van der Waals surface area contributed by atoms with E-state index in [1.807, 2.05) is 13.8 Å². The maximum atomic E-state index is 13.9. The van der Waals surface area contributed by atoms with Crippen molar-refractivity contribution in [3.63, 3.8) is 0 Å². The third kappa shape index (κ3) is 9.10. The van der Waals surface area contributed by atoms with Crippen molar-refractivity contribution in [1.29, 1.82) is 0 Å². The lowest BCUT2D eigenvalue weighted by molar-refractivity contribution is -0.112. The highest BCUT2D eigenvalue weighted by molar-refractivity contribution is 6.00. The standard InChI is InChI=1S/C22H23F2N3O5.C21H21F2N3O5.CH4/c1-3-31-20-18-22(30)27-12(2)6-7-32-17(27)11-26(18)10-15(19(20)28)21(29)25-9-13-4-5-14(23)8-16(13)24;1-11-5-6-31-16-10-25-9-14(18(27)19(30-2)17(25)21(29)26(11)16)20(28)24-8-12-3-4-13(22)7-15(12)23;/h4-5,8,10,12,17H,3,6-7,9,11H2,1-2H3,(H,25,29);3-4,7,9,11,16H,5-6,8,10H2,1-2H3,(H,24,28);1H4/t12-,17+;11-,16+;/m11./s1. The SMILES string of the molecule is C.CCOc1c2n(cc(C(=O)NCc3ccc(F)cc3F)c1=O)C[C@@H]1OCC[C@@H](C)N1C2=O.COc1c2n(cc(C(=O)NCc3ccc(F)cc3F)c1=O)C[C@@H]1OCC[C@@H](C)N1C2=O. The first-order valence-corrected chi connectivity index (χ1v) is 20.2. The summed E-state index contributed by atoms with van der Waals surface area (Å²) in [4.78, 5) is 80.9. The largest absolute Gasteiger partial charge is 0.491 e. The molecule has 0 bridgehead atoms. The van der Waals surface area contributed by atoms with Gasteiger partial charge in [0, 0.05) is 60.8 Å². The molecule has 0 unspecified atom stereocenters. The van der Waals surface area contributed by atoms with Crippen molar-refractivity contribution < 1.29 is 55.7 Å². The Bertz CT molecular complexity index is 2600. The highest BCUT2D eigenvalue weighted by Crippen LogP contribution is 2.31. The first-order chi connectivity index (χ1) is 30.1. The van der Waals surface area contributed by atoms with Crippen LogP contribution in [0.25, 0.3) is 0 Å². The maximum absolute atomic E-state index is 13.9. The Hall–Kier alpha value is -6.54. The van der Waals surface area contributed by atoms with E-state index in [1.54, 1.807) is 16.7 Å². The fourth-order valence-corrected chi connectivity index (χ4v) is 7.95. The van der Waals surface area contributed by atoms with Gasteiger partial charge in [-0.3, -0.25) is 28.8 Å². The van der Waals surface area contributed by atoms with E-state index in [-0.39, 0.29) is 97.4 Å². The Morgan fingerprint density at radius 1 is 0.703 bits per heavy atom. The molecule has 4 aromatic rings. The van der Waals surface area contributed by atoms with Gasteiger partial charge in [-0.1, -0.05) is 19.6 Å².